The monoisotopic (exact) mass is 612 g/mol. The molecule has 0 aromatic heterocycles. The van der Waals surface area contributed by atoms with Crippen molar-refractivity contribution in [3.05, 3.63) is 121 Å². The predicted molar refractivity (Wildman–Crippen MR) is 165 cm³/mol. The van der Waals surface area contributed by atoms with Gasteiger partial charge in [0, 0.05) is 0 Å². The Morgan fingerprint density at radius 1 is 0.353 bits per heavy atom. The third-order valence-corrected chi connectivity index (χ3v) is 28.0. The SMILES string of the molecule is BrP1(c2ccccc2)(c2ccccc2)CCCP(Br)(c2ccccc2)(c2ccccc2)CCC1. The molecule has 4 aromatic rings. The topological polar surface area (TPSA) is 0 Å². The summed E-state index contributed by atoms with van der Waals surface area (Å²) in [6.07, 6.45) is 7.09. The molecule has 0 aliphatic carbocycles. The van der Waals surface area contributed by atoms with Crippen molar-refractivity contribution < 1.29 is 0 Å². The Hall–Kier alpha value is -1.30. The molecule has 0 unspecified atom stereocenters. The van der Waals surface area contributed by atoms with E-state index in [0.717, 1.165) is 0 Å². The van der Waals surface area contributed by atoms with E-state index in [2.05, 4.69) is 152 Å². The van der Waals surface area contributed by atoms with E-state index in [1.54, 1.807) is 0 Å². The van der Waals surface area contributed by atoms with E-state index >= 15 is 0 Å². The van der Waals surface area contributed by atoms with E-state index in [1.807, 2.05) is 0 Å². The molecule has 0 nitrogen and oxygen atoms in total. The average Bonchev–Trinajstić information content (AvgIpc) is 2.90. The second kappa shape index (κ2) is 9.29. The molecule has 1 aliphatic heterocycles. The summed E-state index contributed by atoms with van der Waals surface area (Å²) in [5.74, 6) is 0. The van der Waals surface area contributed by atoms with Crippen LogP contribution in [0.15, 0.2) is 121 Å². The zero-order valence-electron chi connectivity index (χ0n) is 19.4. The first kappa shape index (κ1) is 24.4. The fourth-order valence-corrected chi connectivity index (χ4v) is 22.2. The van der Waals surface area contributed by atoms with Crippen molar-refractivity contribution in [3.8, 4) is 0 Å². The van der Waals surface area contributed by atoms with Crippen LogP contribution in [0, 0.1) is 0 Å². The molecule has 176 valence electrons. The van der Waals surface area contributed by atoms with E-state index < -0.39 is 10.6 Å². The van der Waals surface area contributed by atoms with Crippen LogP contribution in [0.2, 0.25) is 0 Å². The molecule has 0 amide bonds. The van der Waals surface area contributed by atoms with Crippen LogP contribution >= 0.6 is 41.6 Å². The van der Waals surface area contributed by atoms with Crippen molar-refractivity contribution in [2.45, 2.75) is 12.8 Å². The van der Waals surface area contributed by atoms with Crippen LogP contribution < -0.4 is 21.2 Å². The van der Waals surface area contributed by atoms with Gasteiger partial charge in [-0.25, -0.2) is 0 Å². The van der Waals surface area contributed by atoms with Gasteiger partial charge in [-0.15, -0.1) is 0 Å². The number of halogens is 2. The van der Waals surface area contributed by atoms with Crippen molar-refractivity contribution in [1.29, 1.82) is 0 Å². The van der Waals surface area contributed by atoms with Gasteiger partial charge in [-0.05, 0) is 0 Å². The second-order valence-electron chi connectivity index (χ2n) is 9.70. The molecule has 0 atom stereocenters. The fraction of sp³-hybridized carbons (Fsp3) is 0.200. The Balaban J connectivity index is 1.64. The fourth-order valence-electron chi connectivity index (χ4n) is 6.09. The van der Waals surface area contributed by atoms with Gasteiger partial charge in [0.05, 0.1) is 0 Å². The Morgan fingerprint density at radius 2 is 0.559 bits per heavy atom. The number of hydrogen-bond donors (Lipinski definition) is 0. The summed E-state index contributed by atoms with van der Waals surface area (Å²) < 4.78 is 0. The minimum atomic E-state index is -2.51. The van der Waals surface area contributed by atoms with Gasteiger partial charge >= 0.3 is 222 Å². The standard InChI is InChI=1S/C30H32Br2P2/c31-33(27-15-5-1-6-16-27,28-17-7-2-8-18-28)23-13-25-34(32,26-14-24-33,29-19-9-3-10-20-29)30-21-11-4-12-22-30/h1-12,15-22H,13-14,23-26H2. The maximum atomic E-state index is 4.60. The Morgan fingerprint density at radius 3 is 0.765 bits per heavy atom. The molecule has 0 spiro atoms. The molecule has 4 aromatic carbocycles. The zero-order valence-corrected chi connectivity index (χ0v) is 24.4. The van der Waals surface area contributed by atoms with E-state index in [4.69, 9.17) is 0 Å². The third kappa shape index (κ3) is 3.96. The summed E-state index contributed by atoms with van der Waals surface area (Å²) in [7, 11) is 0. The third-order valence-electron chi connectivity index (χ3n) is 7.89. The molecular formula is C30H32Br2P2. The molecule has 0 radical (unpaired) electrons. The van der Waals surface area contributed by atoms with Crippen molar-refractivity contribution in [2.75, 3.05) is 24.6 Å². The minimum absolute atomic E-state index is 1.18. The number of benzene rings is 4. The molecule has 1 saturated heterocycles. The van der Waals surface area contributed by atoms with Gasteiger partial charge in [0.15, 0.2) is 0 Å². The average molecular weight is 614 g/mol. The van der Waals surface area contributed by atoms with Crippen LogP contribution in [0.3, 0.4) is 0 Å². The first-order valence-electron chi connectivity index (χ1n) is 12.1. The molecule has 34 heavy (non-hydrogen) atoms. The van der Waals surface area contributed by atoms with Crippen molar-refractivity contribution in [1.82, 2.24) is 0 Å². The molecule has 4 heteroatoms. The van der Waals surface area contributed by atoms with Crippen molar-refractivity contribution in [2.24, 2.45) is 0 Å². The van der Waals surface area contributed by atoms with Crippen LogP contribution in [-0.4, -0.2) is 24.6 Å². The summed E-state index contributed by atoms with van der Waals surface area (Å²) in [6, 6.07) is 45.2. The van der Waals surface area contributed by atoms with E-state index in [0.29, 0.717) is 0 Å². The van der Waals surface area contributed by atoms with Crippen LogP contribution in [-0.2, 0) is 0 Å². The zero-order chi connectivity index (χ0) is 23.6. The second-order valence-corrected chi connectivity index (χ2v) is 29.3. The molecule has 1 heterocycles. The molecular weight excluding hydrogens is 582 g/mol. The predicted octanol–water partition coefficient (Wildman–Crippen LogP) is 7.81. The van der Waals surface area contributed by atoms with Gasteiger partial charge < -0.3 is 0 Å². The number of hydrogen-bond acceptors (Lipinski definition) is 0. The van der Waals surface area contributed by atoms with E-state index in [9.17, 15) is 0 Å². The first-order chi connectivity index (χ1) is 16.5. The van der Waals surface area contributed by atoms with Gasteiger partial charge in [-0.1, -0.05) is 0 Å². The van der Waals surface area contributed by atoms with Crippen LogP contribution in [0.1, 0.15) is 12.8 Å². The van der Waals surface area contributed by atoms with Crippen LogP contribution in [0.4, 0.5) is 0 Å². The molecule has 5 rings (SSSR count). The Labute approximate surface area is 220 Å². The molecule has 0 N–H and O–H groups in total. The quantitative estimate of drug-likeness (QED) is 0.206. The van der Waals surface area contributed by atoms with E-state index in [-0.39, 0.29) is 0 Å². The molecule has 0 saturated carbocycles. The molecule has 1 fully saturated rings. The van der Waals surface area contributed by atoms with E-state index in [1.165, 1.54) is 58.7 Å². The summed E-state index contributed by atoms with van der Waals surface area (Å²) in [5.41, 5.74) is 0. The van der Waals surface area contributed by atoms with Crippen LogP contribution in [0.25, 0.3) is 0 Å². The van der Waals surface area contributed by atoms with Gasteiger partial charge in [-0.3, -0.25) is 0 Å². The first-order valence-corrected chi connectivity index (χ1v) is 21.4. The number of rotatable bonds is 4. The van der Waals surface area contributed by atoms with Gasteiger partial charge in [-0.2, -0.15) is 0 Å². The summed E-state index contributed by atoms with van der Waals surface area (Å²) >= 11 is 9.20. The summed E-state index contributed by atoms with van der Waals surface area (Å²) in [6.45, 7) is 0. The molecule has 1 aliphatic rings. The van der Waals surface area contributed by atoms with Gasteiger partial charge in [0.2, 0.25) is 0 Å². The Bertz CT molecular complexity index is 1050. The van der Waals surface area contributed by atoms with Crippen molar-refractivity contribution >= 4 is 62.8 Å². The molecule has 0 bridgehead atoms. The van der Waals surface area contributed by atoms with Gasteiger partial charge in [0.25, 0.3) is 0 Å². The summed E-state index contributed by atoms with van der Waals surface area (Å²) in [4.78, 5) is 0. The van der Waals surface area contributed by atoms with Crippen LogP contribution in [0.5, 0.6) is 0 Å². The maximum absolute atomic E-state index is 4.60. The summed E-state index contributed by atoms with van der Waals surface area (Å²) in [5, 5.41) is 0.961. The van der Waals surface area contributed by atoms with Gasteiger partial charge in [0.1, 0.15) is 0 Å². The van der Waals surface area contributed by atoms with Crippen molar-refractivity contribution in [3.63, 3.8) is 0 Å². The Kier molecular flexibility index (Phi) is 6.67. The normalized spacial score (nSPS) is 23.0.